The number of hydrogen-bond acceptors (Lipinski definition) is 3. The van der Waals surface area contributed by atoms with E-state index in [0.717, 1.165) is 12.0 Å². The van der Waals surface area contributed by atoms with E-state index in [4.69, 9.17) is 9.47 Å². The van der Waals surface area contributed by atoms with Gasteiger partial charge in [-0.1, -0.05) is 36.4 Å². The zero-order valence-electron chi connectivity index (χ0n) is 13.8. The summed E-state index contributed by atoms with van der Waals surface area (Å²) in [7, 11) is 1.59. The highest BCUT2D eigenvalue weighted by Crippen LogP contribution is 2.28. The first-order valence-electron chi connectivity index (χ1n) is 7.73. The van der Waals surface area contributed by atoms with Gasteiger partial charge >= 0.3 is 0 Å². The van der Waals surface area contributed by atoms with Gasteiger partial charge in [0, 0.05) is 6.54 Å². The fourth-order valence-corrected chi connectivity index (χ4v) is 2.23. The van der Waals surface area contributed by atoms with E-state index in [1.807, 2.05) is 55.5 Å². The number of aryl methyl sites for hydroxylation is 1. The monoisotopic (exact) mass is 313 g/mol. The number of hydrogen-bond donors (Lipinski definition) is 1. The van der Waals surface area contributed by atoms with Crippen molar-refractivity contribution in [2.24, 2.45) is 0 Å². The molecule has 0 spiro atoms. The number of amides is 1. The molecule has 4 nitrogen and oxygen atoms in total. The first kappa shape index (κ1) is 16.9. The Morgan fingerprint density at radius 2 is 1.87 bits per heavy atom. The van der Waals surface area contributed by atoms with Gasteiger partial charge in [-0.05, 0) is 43.5 Å². The van der Waals surface area contributed by atoms with Crippen LogP contribution in [0.1, 0.15) is 18.1 Å². The molecular formula is C19H23NO3. The molecule has 0 aliphatic heterocycles. The third-order valence-electron chi connectivity index (χ3n) is 3.55. The van der Waals surface area contributed by atoms with Crippen molar-refractivity contribution in [3.8, 4) is 11.5 Å². The summed E-state index contributed by atoms with van der Waals surface area (Å²) in [6, 6.07) is 15.7. The number of rotatable bonds is 7. The number of carbonyl (C=O) groups excluding carboxylic acids is 1. The highest BCUT2D eigenvalue weighted by atomic mass is 16.5. The van der Waals surface area contributed by atoms with Crippen LogP contribution in [0.5, 0.6) is 11.5 Å². The second kappa shape index (κ2) is 8.22. The summed E-state index contributed by atoms with van der Waals surface area (Å²) in [5.41, 5.74) is 2.27. The zero-order valence-corrected chi connectivity index (χ0v) is 13.8. The molecule has 1 N–H and O–H groups in total. The van der Waals surface area contributed by atoms with E-state index in [9.17, 15) is 4.79 Å². The van der Waals surface area contributed by atoms with E-state index in [2.05, 4.69) is 5.32 Å². The van der Waals surface area contributed by atoms with E-state index in [1.165, 1.54) is 5.56 Å². The molecule has 1 amide bonds. The van der Waals surface area contributed by atoms with Crippen LogP contribution in [0.2, 0.25) is 0 Å². The van der Waals surface area contributed by atoms with Crippen molar-refractivity contribution in [2.75, 3.05) is 13.7 Å². The highest BCUT2D eigenvalue weighted by molar-refractivity contribution is 5.80. The Morgan fingerprint density at radius 1 is 1.13 bits per heavy atom. The second-order valence-electron chi connectivity index (χ2n) is 5.44. The normalized spacial score (nSPS) is 11.6. The number of benzene rings is 2. The Labute approximate surface area is 137 Å². The van der Waals surface area contributed by atoms with Crippen LogP contribution in [-0.4, -0.2) is 25.7 Å². The van der Waals surface area contributed by atoms with Crippen molar-refractivity contribution in [2.45, 2.75) is 26.4 Å². The number of nitrogens with one attached hydrogen (secondary N) is 1. The third kappa shape index (κ3) is 5.02. The molecule has 4 heteroatoms. The molecule has 0 radical (unpaired) electrons. The average Bonchev–Trinajstić information content (AvgIpc) is 2.57. The topological polar surface area (TPSA) is 47.6 Å². The summed E-state index contributed by atoms with van der Waals surface area (Å²) < 4.78 is 11.0. The minimum absolute atomic E-state index is 0.136. The quantitative estimate of drug-likeness (QED) is 0.854. The number of methoxy groups -OCH3 is 1. The van der Waals surface area contributed by atoms with Gasteiger partial charge < -0.3 is 14.8 Å². The Kier molecular flexibility index (Phi) is 6.03. The molecule has 23 heavy (non-hydrogen) atoms. The minimum Gasteiger partial charge on any atom is -0.493 e. The summed E-state index contributed by atoms with van der Waals surface area (Å²) in [5.74, 6) is 1.07. The average molecular weight is 313 g/mol. The summed E-state index contributed by atoms with van der Waals surface area (Å²) >= 11 is 0. The van der Waals surface area contributed by atoms with Gasteiger partial charge in [-0.15, -0.1) is 0 Å². The maximum Gasteiger partial charge on any atom is 0.260 e. The largest absolute Gasteiger partial charge is 0.493 e. The van der Waals surface area contributed by atoms with Gasteiger partial charge in [-0.25, -0.2) is 0 Å². The van der Waals surface area contributed by atoms with Crippen LogP contribution in [0.3, 0.4) is 0 Å². The van der Waals surface area contributed by atoms with Gasteiger partial charge in [-0.2, -0.15) is 0 Å². The molecule has 2 aromatic carbocycles. The molecule has 0 aliphatic rings. The Morgan fingerprint density at radius 3 is 2.57 bits per heavy atom. The fourth-order valence-electron chi connectivity index (χ4n) is 2.23. The maximum absolute atomic E-state index is 12.1. The van der Waals surface area contributed by atoms with Crippen LogP contribution in [-0.2, 0) is 11.2 Å². The molecule has 0 unspecified atom stereocenters. The molecule has 2 rings (SSSR count). The van der Waals surface area contributed by atoms with Gasteiger partial charge in [0.05, 0.1) is 7.11 Å². The molecule has 0 saturated carbocycles. The molecule has 0 heterocycles. The number of carbonyl (C=O) groups is 1. The third-order valence-corrected chi connectivity index (χ3v) is 3.55. The fraction of sp³-hybridized carbons (Fsp3) is 0.316. The van der Waals surface area contributed by atoms with Crippen LogP contribution in [0.4, 0.5) is 0 Å². The summed E-state index contributed by atoms with van der Waals surface area (Å²) in [5, 5.41) is 2.90. The molecule has 0 bridgehead atoms. The lowest BCUT2D eigenvalue weighted by Gasteiger charge is -2.17. The lowest BCUT2D eigenvalue weighted by molar-refractivity contribution is -0.127. The van der Waals surface area contributed by atoms with E-state index < -0.39 is 6.10 Å². The maximum atomic E-state index is 12.1. The first-order chi connectivity index (χ1) is 11.1. The van der Waals surface area contributed by atoms with E-state index >= 15 is 0 Å². The summed E-state index contributed by atoms with van der Waals surface area (Å²) in [6.45, 7) is 4.30. The van der Waals surface area contributed by atoms with Crippen molar-refractivity contribution in [3.63, 3.8) is 0 Å². The van der Waals surface area contributed by atoms with Crippen molar-refractivity contribution < 1.29 is 14.3 Å². The van der Waals surface area contributed by atoms with E-state index in [1.54, 1.807) is 14.0 Å². The second-order valence-corrected chi connectivity index (χ2v) is 5.44. The molecule has 2 aromatic rings. The highest BCUT2D eigenvalue weighted by Gasteiger charge is 2.16. The lowest BCUT2D eigenvalue weighted by atomic mass is 10.1. The van der Waals surface area contributed by atoms with Gasteiger partial charge in [0.1, 0.15) is 0 Å². The standard InChI is InChI=1S/C19H23NO3/c1-14-9-10-17(18(13-14)22-3)23-15(2)19(21)20-12-11-16-7-5-4-6-8-16/h4-10,13,15H,11-12H2,1-3H3,(H,20,21)/t15-/m0/s1. The predicted molar refractivity (Wildman–Crippen MR) is 91.0 cm³/mol. The molecule has 0 fully saturated rings. The van der Waals surface area contributed by atoms with Crippen molar-refractivity contribution in [3.05, 3.63) is 59.7 Å². The Hall–Kier alpha value is -2.49. The van der Waals surface area contributed by atoms with E-state index in [0.29, 0.717) is 18.0 Å². The van der Waals surface area contributed by atoms with Crippen LogP contribution < -0.4 is 14.8 Å². The first-order valence-corrected chi connectivity index (χ1v) is 7.73. The van der Waals surface area contributed by atoms with Crippen molar-refractivity contribution >= 4 is 5.91 Å². The molecular weight excluding hydrogens is 290 g/mol. The molecule has 0 saturated heterocycles. The Balaban J connectivity index is 1.85. The van der Waals surface area contributed by atoms with Crippen LogP contribution in [0, 0.1) is 6.92 Å². The van der Waals surface area contributed by atoms with E-state index in [-0.39, 0.29) is 5.91 Å². The van der Waals surface area contributed by atoms with Crippen LogP contribution >= 0.6 is 0 Å². The van der Waals surface area contributed by atoms with Crippen LogP contribution in [0.15, 0.2) is 48.5 Å². The van der Waals surface area contributed by atoms with Gasteiger partial charge in [0.15, 0.2) is 17.6 Å². The Bertz CT molecular complexity index is 640. The minimum atomic E-state index is -0.581. The van der Waals surface area contributed by atoms with Gasteiger partial charge in [-0.3, -0.25) is 4.79 Å². The molecule has 1 atom stereocenters. The van der Waals surface area contributed by atoms with Crippen LogP contribution in [0.25, 0.3) is 0 Å². The van der Waals surface area contributed by atoms with Gasteiger partial charge in [0.2, 0.25) is 0 Å². The summed E-state index contributed by atoms with van der Waals surface area (Å²) in [4.78, 5) is 12.1. The molecule has 122 valence electrons. The lowest BCUT2D eigenvalue weighted by Crippen LogP contribution is -2.37. The smallest absolute Gasteiger partial charge is 0.260 e. The molecule has 0 aromatic heterocycles. The van der Waals surface area contributed by atoms with Crippen molar-refractivity contribution in [1.29, 1.82) is 0 Å². The number of ether oxygens (including phenoxy) is 2. The predicted octanol–water partition coefficient (Wildman–Crippen LogP) is 3.13. The van der Waals surface area contributed by atoms with Crippen molar-refractivity contribution in [1.82, 2.24) is 5.32 Å². The zero-order chi connectivity index (χ0) is 16.7. The SMILES string of the molecule is COc1cc(C)ccc1O[C@@H](C)C(=O)NCCc1ccccc1. The summed E-state index contributed by atoms with van der Waals surface area (Å²) in [6.07, 6.45) is 0.218. The van der Waals surface area contributed by atoms with Gasteiger partial charge in [0.25, 0.3) is 5.91 Å². The molecule has 0 aliphatic carbocycles.